The summed E-state index contributed by atoms with van der Waals surface area (Å²) in [4.78, 5) is 2.38. The van der Waals surface area contributed by atoms with Gasteiger partial charge >= 0.3 is 0 Å². The summed E-state index contributed by atoms with van der Waals surface area (Å²) in [6.45, 7) is 0. The number of rotatable bonds is 7. The Hall–Kier alpha value is -7.16. The Balaban J connectivity index is 1.15. The number of furan rings is 1. The van der Waals surface area contributed by atoms with Gasteiger partial charge in [0.1, 0.15) is 11.2 Å². The fourth-order valence-corrected chi connectivity index (χ4v) is 7.92. The van der Waals surface area contributed by atoms with Crippen molar-refractivity contribution in [2.24, 2.45) is 0 Å². The summed E-state index contributed by atoms with van der Waals surface area (Å²) in [7, 11) is 0. The van der Waals surface area contributed by atoms with Crippen molar-refractivity contribution < 1.29 is 4.42 Å². The zero-order valence-corrected chi connectivity index (χ0v) is 29.6. The van der Waals surface area contributed by atoms with Crippen LogP contribution in [0.5, 0.6) is 0 Å². The van der Waals surface area contributed by atoms with Crippen molar-refractivity contribution in [3.05, 3.63) is 212 Å². The van der Waals surface area contributed by atoms with Gasteiger partial charge < -0.3 is 9.32 Å². The number of hydrogen-bond acceptors (Lipinski definition) is 2. The van der Waals surface area contributed by atoms with Crippen molar-refractivity contribution in [1.82, 2.24) is 0 Å². The van der Waals surface area contributed by atoms with E-state index in [0.29, 0.717) is 0 Å². The second-order valence-electron chi connectivity index (χ2n) is 13.7. The maximum atomic E-state index is 6.80. The summed E-state index contributed by atoms with van der Waals surface area (Å²) < 4.78 is 6.80. The second-order valence-corrected chi connectivity index (χ2v) is 13.7. The van der Waals surface area contributed by atoms with E-state index in [2.05, 4.69) is 217 Å². The predicted octanol–water partition coefficient (Wildman–Crippen LogP) is 14.9. The molecule has 54 heavy (non-hydrogen) atoms. The fraction of sp³-hybridized carbons (Fsp3) is 0. The van der Waals surface area contributed by atoms with E-state index in [1.54, 1.807) is 0 Å². The number of nitrogens with zero attached hydrogens (tertiary/aromatic N) is 1. The van der Waals surface area contributed by atoms with E-state index in [1.807, 2.05) is 0 Å². The van der Waals surface area contributed by atoms with E-state index in [1.165, 1.54) is 38.9 Å². The van der Waals surface area contributed by atoms with Gasteiger partial charge in [-0.1, -0.05) is 176 Å². The summed E-state index contributed by atoms with van der Waals surface area (Å²) >= 11 is 0. The Bertz CT molecular complexity index is 2890. The zero-order valence-electron chi connectivity index (χ0n) is 29.6. The molecule has 10 aromatic rings. The SMILES string of the molecule is c1ccc(-c2ccc(-c3ccc(N(c4ccccc4)c4cc5c(oc6cccc(-c7ccccc7-c7ccccc7)c65)c5ccccc45)cc3)cc2)cc1. The van der Waals surface area contributed by atoms with Crippen molar-refractivity contribution in [3.63, 3.8) is 0 Å². The monoisotopic (exact) mass is 689 g/mol. The minimum absolute atomic E-state index is 0.876. The minimum Gasteiger partial charge on any atom is -0.455 e. The maximum absolute atomic E-state index is 6.80. The third-order valence-corrected chi connectivity index (χ3v) is 10.5. The molecule has 0 aliphatic heterocycles. The molecule has 0 atom stereocenters. The summed E-state index contributed by atoms with van der Waals surface area (Å²) in [6.07, 6.45) is 0. The molecular formula is C52H35NO. The molecule has 254 valence electrons. The lowest BCUT2D eigenvalue weighted by atomic mass is 9.91. The van der Waals surface area contributed by atoms with Crippen LogP contribution in [-0.4, -0.2) is 0 Å². The van der Waals surface area contributed by atoms with Crippen LogP contribution in [0.15, 0.2) is 217 Å². The number of hydrogen-bond donors (Lipinski definition) is 0. The normalized spacial score (nSPS) is 11.3. The third kappa shape index (κ3) is 5.53. The molecule has 2 heteroatoms. The predicted molar refractivity (Wildman–Crippen MR) is 228 cm³/mol. The summed E-state index contributed by atoms with van der Waals surface area (Å²) in [5, 5.41) is 4.41. The summed E-state index contributed by atoms with van der Waals surface area (Å²) in [5.74, 6) is 0. The average Bonchev–Trinajstić information content (AvgIpc) is 3.64. The van der Waals surface area contributed by atoms with Crippen LogP contribution in [0.4, 0.5) is 17.1 Å². The average molecular weight is 690 g/mol. The highest BCUT2D eigenvalue weighted by Gasteiger charge is 2.22. The first-order valence-electron chi connectivity index (χ1n) is 18.4. The quantitative estimate of drug-likeness (QED) is 0.166. The molecule has 0 fully saturated rings. The highest BCUT2D eigenvalue weighted by molar-refractivity contribution is 6.23. The smallest absolute Gasteiger partial charge is 0.143 e. The van der Waals surface area contributed by atoms with Gasteiger partial charge in [0.25, 0.3) is 0 Å². The summed E-state index contributed by atoms with van der Waals surface area (Å²) in [6, 6.07) is 75.7. The van der Waals surface area contributed by atoms with Crippen molar-refractivity contribution in [3.8, 4) is 44.5 Å². The first kappa shape index (κ1) is 31.6. The molecule has 2 nitrogen and oxygen atoms in total. The number of anilines is 3. The van der Waals surface area contributed by atoms with Gasteiger partial charge in [-0.2, -0.15) is 0 Å². The Morgan fingerprint density at radius 2 is 0.796 bits per heavy atom. The molecule has 9 aromatic carbocycles. The molecule has 0 amide bonds. The van der Waals surface area contributed by atoms with Gasteiger partial charge in [0, 0.05) is 32.9 Å². The minimum atomic E-state index is 0.876. The van der Waals surface area contributed by atoms with Crippen molar-refractivity contribution in [2.75, 3.05) is 4.90 Å². The second kappa shape index (κ2) is 13.4. The lowest BCUT2D eigenvalue weighted by molar-refractivity contribution is 0.673. The molecule has 0 aliphatic carbocycles. The highest BCUT2D eigenvalue weighted by atomic mass is 16.3. The van der Waals surface area contributed by atoms with E-state index >= 15 is 0 Å². The van der Waals surface area contributed by atoms with Crippen LogP contribution in [0, 0.1) is 0 Å². The van der Waals surface area contributed by atoms with Gasteiger partial charge in [-0.25, -0.2) is 0 Å². The lowest BCUT2D eigenvalue weighted by Gasteiger charge is -2.27. The van der Waals surface area contributed by atoms with Crippen LogP contribution in [-0.2, 0) is 0 Å². The third-order valence-electron chi connectivity index (χ3n) is 10.5. The molecule has 0 bridgehead atoms. The largest absolute Gasteiger partial charge is 0.455 e. The summed E-state index contributed by atoms with van der Waals surface area (Å²) in [5.41, 5.74) is 14.6. The molecule has 10 rings (SSSR count). The maximum Gasteiger partial charge on any atom is 0.143 e. The first-order valence-corrected chi connectivity index (χ1v) is 18.4. The Labute approximate surface area is 314 Å². The number of benzene rings is 9. The van der Waals surface area contributed by atoms with Gasteiger partial charge in [0.15, 0.2) is 0 Å². The van der Waals surface area contributed by atoms with Crippen molar-refractivity contribution in [1.29, 1.82) is 0 Å². The first-order chi connectivity index (χ1) is 26.8. The molecule has 0 unspecified atom stereocenters. The van der Waals surface area contributed by atoms with Crippen LogP contribution in [0.3, 0.4) is 0 Å². The van der Waals surface area contributed by atoms with Crippen LogP contribution >= 0.6 is 0 Å². The van der Waals surface area contributed by atoms with Gasteiger partial charge in [-0.15, -0.1) is 0 Å². The molecular weight excluding hydrogens is 655 g/mol. The Morgan fingerprint density at radius 1 is 0.315 bits per heavy atom. The molecule has 0 spiro atoms. The van der Waals surface area contributed by atoms with E-state index < -0.39 is 0 Å². The molecule has 0 aliphatic rings. The lowest BCUT2D eigenvalue weighted by Crippen LogP contribution is -2.10. The molecule has 0 N–H and O–H groups in total. The number of fused-ring (bicyclic) bond motifs is 5. The van der Waals surface area contributed by atoms with E-state index in [4.69, 9.17) is 4.42 Å². The van der Waals surface area contributed by atoms with E-state index in [0.717, 1.165) is 55.3 Å². The van der Waals surface area contributed by atoms with Gasteiger partial charge in [-0.3, -0.25) is 0 Å². The molecule has 0 saturated heterocycles. The van der Waals surface area contributed by atoms with Crippen molar-refractivity contribution >= 4 is 49.8 Å². The van der Waals surface area contributed by atoms with Crippen LogP contribution in [0.25, 0.3) is 77.2 Å². The van der Waals surface area contributed by atoms with Crippen LogP contribution in [0.2, 0.25) is 0 Å². The molecule has 1 heterocycles. The van der Waals surface area contributed by atoms with Crippen LogP contribution < -0.4 is 4.90 Å². The Kier molecular flexibility index (Phi) is 7.85. The highest BCUT2D eigenvalue weighted by Crippen LogP contribution is 2.47. The van der Waals surface area contributed by atoms with E-state index in [9.17, 15) is 0 Å². The van der Waals surface area contributed by atoms with Crippen LogP contribution in [0.1, 0.15) is 0 Å². The van der Waals surface area contributed by atoms with Gasteiger partial charge in [0.05, 0.1) is 5.69 Å². The van der Waals surface area contributed by atoms with Gasteiger partial charge in [-0.05, 0) is 80.9 Å². The molecule has 0 radical (unpaired) electrons. The van der Waals surface area contributed by atoms with Gasteiger partial charge in [0.2, 0.25) is 0 Å². The standard InChI is InChI=1S/C52H35NO/c1-4-15-36(16-5-1)37-27-29-38(30-28-37)39-31-33-42(34-32-39)53(41-19-8-3-9-20-41)49-35-48-51-46(44-22-11-10-21-43(44)40-17-6-2-7-18-40)25-14-26-50(51)54-52(48)47-24-13-12-23-45(47)49/h1-35H. The van der Waals surface area contributed by atoms with E-state index in [-0.39, 0.29) is 0 Å². The molecule has 0 saturated carbocycles. The van der Waals surface area contributed by atoms with Crippen molar-refractivity contribution in [2.45, 2.75) is 0 Å². The zero-order chi connectivity index (χ0) is 35.8. The topological polar surface area (TPSA) is 16.4 Å². The Morgan fingerprint density at radius 3 is 1.46 bits per heavy atom. The fourth-order valence-electron chi connectivity index (χ4n) is 7.92. The molecule has 1 aromatic heterocycles. The number of para-hydroxylation sites is 1.